The molecule has 0 bridgehead atoms. The molecule has 0 saturated carbocycles. The van der Waals surface area contributed by atoms with Crippen LogP contribution in [-0.2, 0) is 0 Å². The number of allylic oxidation sites excluding steroid dienone is 4. The zero-order valence-electron chi connectivity index (χ0n) is 13.9. The first kappa shape index (κ1) is 18.9. The van der Waals surface area contributed by atoms with Gasteiger partial charge in [-0.1, -0.05) is 12.2 Å². The lowest BCUT2D eigenvalue weighted by molar-refractivity contribution is 0.0947. The molecule has 0 radical (unpaired) electrons. The molecule has 0 saturated heterocycles. The summed E-state index contributed by atoms with van der Waals surface area (Å²) in [6, 6.07) is 6.11. The van der Waals surface area contributed by atoms with Crippen molar-refractivity contribution < 1.29 is 14.7 Å². The van der Waals surface area contributed by atoms with E-state index < -0.39 is 5.91 Å². The van der Waals surface area contributed by atoms with E-state index in [0.717, 1.165) is 0 Å². The Morgan fingerprint density at radius 1 is 1.04 bits per heavy atom. The second-order valence-corrected chi connectivity index (χ2v) is 4.64. The van der Waals surface area contributed by atoms with Gasteiger partial charge in [-0.25, -0.2) is 5.43 Å². The van der Waals surface area contributed by atoms with Gasteiger partial charge in [-0.05, 0) is 57.2 Å². The molecular weight excluding hydrogens is 306 g/mol. The van der Waals surface area contributed by atoms with E-state index in [4.69, 9.17) is 0 Å². The number of hydrogen-bond acceptors (Lipinski definition) is 4. The van der Waals surface area contributed by atoms with Gasteiger partial charge in [0.2, 0.25) is 0 Å². The minimum absolute atomic E-state index is 0.0325. The molecule has 2 amide bonds. The monoisotopic (exact) mass is 327 g/mol. The Morgan fingerprint density at radius 3 is 2.12 bits per heavy atom. The van der Waals surface area contributed by atoms with E-state index in [0.29, 0.717) is 16.8 Å². The Bertz CT molecular complexity index is 699. The Labute approximate surface area is 141 Å². The second kappa shape index (κ2) is 9.78. The number of aliphatic hydroxyl groups excluding tert-OH is 1. The maximum atomic E-state index is 12.3. The first-order valence-electron chi connectivity index (χ1n) is 7.41. The van der Waals surface area contributed by atoms with Gasteiger partial charge in [0.1, 0.15) is 5.76 Å². The van der Waals surface area contributed by atoms with Crippen LogP contribution in [0.5, 0.6) is 0 Å². The Balaban J connectivity index is 2.89. The van der Waals surface area contributed by atoms with Crippen LogP contribution < -0.4 is 10.7 Å². The normalized spacial score (nSPS) is 12.6. The number of hydrogen-bond donors (Lipinski definition) is 3. The molecule has 0 aliphatic rings. The molecule has 0 aromatic heterocycles. The number of carbonyl (C=O) groups excluding carboxylic acids is 2. The van der Waals surface area contributed by atoms with Gasteiger partial charge in [0, 0.05) is 17.3 Å². The summed E-state index contributed by atoms with van der Waals surface area (Å²) in [7, 11) is 0. The van der Waals surface area contributed by atoms with Crippen molar-refractivity contribution in [2.45, 2.75) is 20.8 Å². The minimum Gasteiger partial charge on any atom is -0.506 e. The third-order valence-electron chi connectivity index (χ3n) is 2.96. The average Bonchev–Trinajstić information content (AvgIpc) is 2.62. The van der Waals surface area contributed by atoms with Crippen molar-refractivity contribution in [1.82, 2.24) is 10.7 Å². The maximum absolute atomic E-state index is 12.3. The predicted molar refractivity (Wildman–Crippen MR) is 94.8 cm³/mol. The number of nitrogens with one attached hydrogen (secondary N) is 2. The fourth-order valence-corrected chi connectivity index (χ4v) is 1.69. The van der Waals surface area contributed by atoms with Crippen molar-refractivity contribution in [3.8, 4) is 0 Å². The van der Waals surface area contributed by atoms with Crippen LogP contribution in [0.2, 0.25) is 0 Å². The summed E-state index contributed by atoms with van der Waals surface area (Å²) in [5, 5.41) is 16.1. The van der Waals surface area contributed by atoms with Crippen molar-refractivity contribution in [2.24, 2.45) is 5.10 Å². The third kappa shape index (κ3) is 5.57. The first-order chi connectivity index (χ1) is 11.5. The smallest absolute Gasteiger partial charge is 0.271 e. The van der Waals surface area contributed by atoms with E-state index in [2.05, 4.69) is 15.8 Å². The van der Waals surface area contributed by atoms with Gasteiger partial charge < -0.3 is 10.4 Å². The predicted octanol–water partition coefficient (Wildman–Crippen LogP) is 3.07. The van der Waals surface area contributed by atoms with E-state index in [1.165, 1.54) is 36.6 Å². The van der Waals surface area contributed by atoms with Gasteiger partial charge in [0.15, 0.2) is 0 Å². The lowest BCUT2D eigenvalue weighted by atomic mass is 10.1. The van der Waals surface area contributed by atoms with Crippen molar-refractivity contribution in [1.29, 1.82) is 0 Å². The van der Waals surface area contributed by atoms with Crippen LogP contribution in [0.4, 0.5) is 0 Å². The molecule has 1 rings (SSSR count). The summed E-state index contributed by atoms with van der Waals surface area (Å²) in [6.45, 7) is 5.18. The lowest BCUT2D eigenvalue weighted by Crippen LogP contribution is -2.24. The Kier molecular flexibility index (Phi) is 7.70. The van der Waals surface area contributed by atoms with Gasteiger partial charge >= 0.3 is 0 Å². The maximum Gasteiger partial charge on any atom is 0.271 e. The fraction of sp³-hybridized carbons (Fsp3) is 0.167. The summed E-state index contributed by atoms with van der Waals surface area (Å²) in [5.41, 5.74) is 3.39. The molecule has 6 heteroatoms. The molecule has 126 valence electrons. The second-order valence-electron chi connectivity index (χ2n) is 4.64. The van der Waals surface area contributed by atoms with Crippen molar-refractivity contribution in [2.75, 3.05) is 0 Å². The highest BCUT2D eigenvalue weighted by molar-refractivity contribution is 5.98. The molecule has 3 N–H and O–H groups in total. The van der Waals surface area contributed by atoms with E-state index in [1.54, 1.807) is 32.1 Å². The van der Waals surface area contributed by atoms with E-state index in [1.807, 2.05) is 6.92 Å². The molecule has 0 fully saturated rings. The number of carbonyl (C=O) groups is 2. The first-order valence-corrected chi connectivity index (χ1v) is 7.41. The lowest BCUT2D eigenvalue weighted by Gasteiger charge is -2.09. The van der Waals surface area contributed by atoms with E-state index >= 15 is 0 Å². The quantitative estimate of drug-likeness (QED) is 0.324. The van der Waals surface area contributed by atoms with Crippen molar-refractivity contribution in [3.63, 3.8) is 0 Å². The molecule has 1 aromatic rings. The van der Waals surface area contributed by atoms with Crippen LogP contribution >= 0.6 is 0 Å². The number of benzene rings is 1. The molecule has 0 spiro atoms. The van der Waals surface area contributed by atoms with Gasteiger partial charge in [0.05, 0.1) is 5.70 Å². The zero-order valence-corrected chi connectivity index (χ0v) is 13.9. The fourth-order valence-electron chi connectivity index (χ4n) is 1.69. The van der Waals surface area contributed by atoms with Crippen molar-refractivity contribution in [3.05, 3.63) is 71.2 Å². The number of rotatable bonds is 6. The highest BCUT2D eigenvalue weighted by Gasteiger charge is 2.11. The molecule has 0 atom stereocenters. The average molecular weight is 327 g/mol. The van der Waals surface area contributed by atoms with Crippen molar-refractivity contribution >= 4 is 18.0 Å². The van der Waals surface area contributed by atoms with Crippen LogP contribution in [0.15, 0.2) is 65.1 Å². The Hall–Kier alpha value is -3.15. The summed E-state index contributed by atoms with van der Waals surface area (Å²) < 4.78 is 0. The van der Waals surface area contributed by atoms with E-state index in [9.17, 15) is 14.7 Å². The number of amides is 2. The van der Waals surface area contributed by atoms with Crippen LogP contribution in [0.25, 0.3) is 0 Å². The van der Waals surface area contributed by atoms with Crippen LogP contribution in [0, 0.1) is 0 Å². The summed E-state index contributed by atoms with van der Waals surface area (Å²) in [5.74, 6) is -0.784. The van der Waals surface area contributed by atoms with Crippen LogP contribution in [0.1, 0.15) is 41.5 Å². The standard InChI is InChI=1S/C18H21N3O3/c1-4-7-8-15(16(22)5-2)20-17(23)13-9-11-14(12-10-13)18(24)21-19-6-3/h4-12,22H,1-3H3,(H,20,23)(H,21,24)/b7-4-,15-8+,16-5+,19-6+. The van der Waals surface area contributed by atoms with Gasteiger partial charge in [0.25, 0.3) is 11.8 Å². The van der Waals surface area contributed by atoms with Gasteiger partial charge in [-0.2, -0.15) is 5.10 Å². The zero-order chi connectivity index (χ0) is 17.9. The Morgan fingerprint density at radius 2 is 1.62 bits per heavy atom. The molecule has 24 heavy (non-hydrogen) atoms. The molecular formula is C18H21N3O3. The molecule has 1 aromatic carbocycles. The highest BCUT2D eigenvalue weighted by Crippen LogP contribution is 2.08. The number of aliphatic hydroxyl groups is 1. The summed E-state index contributed by atoms with van der Waals surface area (Å²) >= 11 is 0. The SMILES string of the molecule is C\C=C/C=C(NC(=O)c1ccc(C(=O)N/N=C/C)cc1)\C(O)=C/C. The van der Waals surface area contributed by atoms with Gasteiger partial charge in [-0.3, -0.25) is 9.59 Å². The van der Waals surface area contributed by atoms with Gasteiger partial charge in [-0.15, -0.1) is 0 Å². The summed E-state index contributed by atoms with van der Waals surface area (Å²) in [6.07, 6.45) is 8.03. The van der Waals surface area contributed by atoms with Crippen LogP contribution in [-0.4, -0.2) is 23.1 Å². The molecule has 0 unspecified atom stereocenters. The largest absolute Gasteiger partial charge is 0.506 e. The molecule has 0 aliphatic carbocycles. The number of hydrazone groups is 1. The number of nitrogens with zero attached hydrogens (tertiary/aromatic N) is 1. The molecule has 0 aliphatic heterocycles. The topological polar surface area (TPSA) is 90.8 Å². The third-order valence-corrected chi connectivity index (χ3v) is 2.96. The summed E-state index contributed by atoms with van der Waals surface area (Å²) in [4.78, 5) is 24.0. The molecule has 6 nitrogen and oxygen atoms in total. The van der Waals surface area contributed by atoms with E-state index in [-0.39, 0.29) is 11.7 Å². The molecule has 0 heterocycles. The minimum atomic E-state index is -0.391. The highest BCUT2D eigenvalue weighted by atomic mass is 16.3. The van der Waals surface area contributed by atoms with Crippen LogP contribution in [0.3, 0.4) is 0 Å².